The molecule has 1 fully saturated rings. The van der Waals surface area contributed by atoms with Gasteiger partial charge in [0.15, 0.2) is 6.10 Å². The second-order valence-electron chi connectivity index (χ2n) is 10.4. The highest BCUT2D eigenvalue weighted by Gasteiger charge is 2.47. The number of nitrogens with one attached hydrogen (secondary N) is 1. The number of amides is 3. The van der Waals surface area contributed by atoms with Crippen molar-refractivity contribution < 1.29 is 33.9 Å². The topological polar surface area (TPSA) is 156 Å². The summed E-state index contributed by atoms with van der Waals surface area (Å²) in [6, 6.07) is 1.55. The van der Waals surface area contributed by atoms with Crippen LogP contribution in [-0.2, 0) is 14.3 Å². The molecule has 1 aromatic rings. The number of hydrogen-bond acceptors (Lipinski definition) is 8. The highest BCUT2D eigenvalue weighted by atomic mass is 16.6. The van der Waals surface area contributed by atoms with Crippen LogP contribution in [0.4, 0.5) is 5.69 Å². The molecule has 1 aromatic carbocycles. The van der Waals surface area contributed by atoms with E-state index in [0.717, 1.165) is 43.1 Å². The Morgan fingerprint density at radius 3 is 2.47 bits per heavy atom. The maximum atomic E-state index is 13.6. The normalized spacial score (nSPS) is 18.2. The third kappa shape index (κ3) is 6.56. The van der Waals surface area contributed by atoms with Crippen molar-refractivity contribution >= 4 is 29.4 Å². The van der Waals surface area contributed by atoms with Gasteiger partial charge in [0.05, 0.1) is 22.6 Å². The Hall–Kier alpha value is -3.34. The Morgan fingerprint density at radius 2 is 1.87 bits per heavy atom. The lowest BCUT2D eigenvalue weighted by molar-refractivity contribution is -0.385. The van der Waals surface area contributed by atoms with E-state index in [9.17, 15) is 34.4 Å². The molecule has 0 aromatic heterocycles. The number of nitro groups is 1. The van der Waals surface area contributed by atoms with Crippen molar-refractivity contribution in [2.45, 2.75) is 103 Å². The van der Waals surface area contributed by atoms with Crippen molar-refractivity contribution in [1.29, 1.82) is 0 Å². The number of carbonyl (C=O) groups excluding carboxylic acids is 4. The van der Waals surface area contributed by atoms with E-state index in [1.807, 2.05) is 6.92 Å². The second kappa shape index (κ2) is 12.9. The number of hydrogen-bond donors (Lipinski definition) is 2. The van der Waals surface area contributed by atoms with E-state index in [2.05, 4.69) is 5.32 Å². The molecule has 2 N–H and O–H groups in total. The van der Waals surface area contributed by atoms with Gasteiger partial charge in [0.25, 0.3) is 17.5 Å². The molecule has 11 heteroatoms. The Bertz CT molecular complexity index is 1070. The molecule has 1 aliphatic carbocycles. The molecular formula is C27H37N3O8. The number of carbonyl (C=O) groups is 4. The van der Waals surface area contributed by atoms with Crippen molar-refractivity contribution in [3.63, 3.8) is 0 Å². The van der Waals surface area contributed by atoms with E-state index in [1.165, 1.54) is 12.1 Å². The van der Waals surface area contributed by atoms with Gasteiger partial charge in [0, 0.05) is 6.07 Å². The SMILES string of the molecule is CCCC[C@@H](C(=O)N[C@@H](CC1CCCCC1)C(O)C(=O)OC(C)C)N1C(=O)c2cccc([N+](=O)[O-])c2C1=O. The fraction of sp³-hybridized carbons (Fsp3) is 0.630. The number of nitrogens with zero attached hydrogens (tertiary/aromatic N) is 2. The van der Waals surface area contributed by atoms with Crippen LogP contribution in [0.15, 0.2) is 18.2 Å². The number of rotatable bonds is 12. The molecule has 1 aliphatic heterocycles. The van der Waals surface area contributed by atoms with Crippen LogP contribution in [0.25, 0.3) is 0 Å². The van der Waals surface area contributed by atoms with Gasteiger partial charge in [0.1, 0.15) is 11.6 Å². The number of unbranched alkanes of at least 4 members (excludes halogenated alkanes) is 1. The number of ether oxygens (including phenoxy) is 1. The summed E-state index contributed by atoms with van der Waals surface area (Å²) < 4.78 is 5.18. The number of benzene rings is 1. The molecule has 2 aliphatic rings. The molecule has 0 spiro atoms. The lowest BCUT2D eigenvalue weighted by atomic mass is 9.83. The van der Waals surface area contributed by atoms with Crippen molar-refractivity contribution in [1.82, 2.24) is 10.2 Å². The summed E-state index contributed by atoms with van der Waals surface area (Å²) in [6.07, 6.45) is 4.50. The highest BCUT2D eigenvalue weighted by Crippen LogP contribution is 2.33. The summed E-state index contributed by atoms with van der Waals surface area (Å²) in [4.78, 5) is 64.3. The van der Waals surface area contributed by atoms with E-state index in [4.69, 9.17) is 4.74 Å². The maximum Gasteiger partial charge on any atom is 0.337 e. The molecule has 3 amide bonds. The van der Waals surface area contributed by atoms with E-state index in [1.54, 1.807) is 13.8 Å². The second-order valence-corrected chi connectivity index (χ2v) is 10.4. The third-order valence-corrected chi connectivity index (χ3v) is 7.18. The fourth-order valence-corrected chi connectivity index (χ4v) is 5.29. The van der Waals surface area contributed by atoms with Gasteiger partial charge in [-0.3, -0.25) is 29.4 Å². The van der Waals surface area contributed by atoms with Crippen molar-refractivity contribution in [3.8, 4) is 0 Å². The fourth-order valence-electron chi connectivity index (χ4n) is 5.29. The monoisotopic (exact) mass is 531 g/mol. The molecule has 3 atom stereocenters. The first kappa shape index (κ1) is 29.2. The molecule has 1 unspecified atom stereocenters. The predicted molar refractivity (Wildman–Crippen MR) is 137 cm³/mol. The zero-order valence-corrected chi connectivity index (χ0v) is 22.2. The molecule has 38 heavy (non-hydrogen) atoms. The third-order valence-electron chi connectivity index (χ3n) is 7.18. The molecule has 208 valence electrons. The van der Waals surface area contributed by atoms with Gasteiger partial charge in [-0.1, -0.05) is 57.9 Å². The van der Waals surface area contributed by atoms with Crippen LogP contribution < -0.4 is 5.32 Å². The lowest BCUT2D eigenvalue weighted by Gasteiger charge is -2.32. The molecule has 11 nitrogen and oxygen atoms in total. The zero-order chi connectivity index (χ0) is 28.0. The smallest absolute Gasteiger partial charge is 0.337 e. The molecule has 0 saturated heterocycles. The van der Waals surface area contributed by atoms with Gasteiger partial charge in [-0.05, 0) is 38.7 Å². The average Bonchev–Trinajstić information content (AvgIpc) is 3.13. The first-order valence-electron chi connectivity index (χ1n) is 13.4. The molecule has 0 bridgehead atoms. The number of aliphatic hydroxyl groups is 1. The number of fused-ring (bicyclic) bond motifs is 1. The van der Waals surface area contributed by atoms with Crippen LogP contribution in [0, 0.1) is 16.0 Å². The molecule has 0 radical (unpaired) electrons. The van der Waals surface area contributed by atoms with E-state index < -0.39 is 58.6 Å². The first-order valence-corrected chi connectivity index (χ1v) is 13.4. The van der Waals surface area contributed by atoms with Crippen molar-refractivity contribution in [2.24, 2.45) is 5.92 Å². The van der Waals surface area contributed by atoms with Crippen LogP contribution in [0.1, 0.15) is 99.3 Å². The maximum absolute atomic E-state index is 13.6. The summed E-state index contributed by atoms with van der Waals surface area (Å²) in [7, 11) is 0. The largest absolute Gasteiger partial charge is 0.461 e. The summed E-state index contributed by atoms with van der Waals surface area (Å²) in [5.41, 5.74) is -0.964. The minimum absolute atomic E-state index is 0.127. The highest BCUT2D eigenvalue weighted by molar-refractivity contribution is 6.24. The van der Waals surface area contributed by atoms with Crippen LogP contribution in [0.2, 0.25) is 0 Å². The van der Waals surface area contributed by atoms with Crippen LogP contribution >= 0.6 is 0 Å². The van der Waals surface area contributed by atoms with E-state index in [0.29, 0.717) is 19.3 Å². The Balaban J connectivity index is 1.89. The van der Waals surface area contributed by atoms with Crippen LogP contribution in [-0.4, -0.2) is 62.9 Å². The van der Waals surface area contributed by atoms with E-state index in [-0.39, 0.29) is 23.5 Å². The van der Waals surface area contributed by atoms with Gasteiger partial charge in [0.2, 0.25) is 5.91 Å². The zero-order valence-electron chi connectivity index (χ0n) is 22.2. The Morgan fingerprint density at radius 1 is 1.18 bits per heavy atom. The molecule has 3 rings (SSSR count). The van der Waals surface area contributed by atoms with Gasteiger partial charge in [-0.25, -0.2) is 4.79 Å². The van der Waals surface area contributed by atoms with Gasteiger partial charge in [-0.15, -0.1) is 0 Å². The van der Waals surface area contributed by atoms with Gasteiger partial charge >= 0.3 is 5.97 Å². The van der Waals surface area contributed by atoms with Crippen LogP contribution in [0.5, 0.6) is 0 Å². The minimum atomic E-state index is -1.63. The minimum Gasteiger partial charge on any atom is -0.461 e. The Labute approximate surface area is 222 Å². The summed E-state index contributed by atoms with van der Waals surface area (Å²) in [5.74, 6) is -3.06. The van der Waals surface area contributed by atoms with Crippen molar-refractivity contribution in [2.75, 3.05) is 0 Å². The van der Waals surface area contributed by atoms with E-state index >= 15 is 0 Å². The van der Waals surface area contributed by atoms with Gasteiger partial charge in [-0.2, -0.15) is 0 Å². The predicted octanol–water partition coefficient (Wildman–Crippen LogP) is 3.52. The Kier molecular flexibility index (Phi) is 9.96. The quantitative estimate of drug-likeness (QED) is 0.180. The molecule has 1 heterocycles. The number of aliphatic hydroxyl groups excluding tert-OH is 1. The lowest BCUT2D eigenvalue weighted by Crippen LogP contribution is -2.56. The van der Waals surface area contributed by atoms with Crippen LogP contribution in [0.3, 0.4) is 0 Å². The summed E-state index contributed by atoms with van der Waals surface area (Å²) in [5, 5.41) is 25.1. The molecular weight excluding hydrogens is 494 g/mol. The average molecular weight is 532 g/mol. The van der Waals surface area contributed by atoms with Crippen molar-refractivity contribution in [3.05, 3.63) is 39.4 Å². The number of nitro benzene ring substituents is 1. The number of imide groups is 1. The number of esters is 1. The van der Waals surface area contributed by atoms with Gasteiger partial charge < -0.3 is 15.2 Å². The summed E-state index contributed by atoms with van der Waals surface area (Å²) >= 11 is 0. The first-order chi connectivity index (χ1) is 18.1. The molecule has 1 saturated carbocycles. The summed E-state index contributed by atoms with van der Waals surface area (Å²) in [6.45, 7) is 5.20. The standard InChI is InChI=1S/C27H37N3O8/c1-4-5-13-21(29-25(33)18-12-9-14-20(30(36)37)22(18)26(29)34)24(32)28-19(15-17-10-7-6-8-11-17)23(31)27(35)38-16(2)3/h9,12,14,16-17,19,21,23,31H,4-8,10-11,13,15H2,1-3H3,(H,28,32)/t19-,21-,23?/m0/s1.